The Kier molecular flexibility index (Phi) is 7.52. The van der Waals surface area contributed by atoms with Crippen molar-refractivity contribution in [1.82, 2.24) is 10.4 Å². The molecule has 1 saturated heterocycles. The van der Waals surface area contributed by atoms with Gasteiger partial charge in [0.05, 0.1) is 11.2 Å². The number of aryl methyl sites for hydroxylation is 2. The van der Waals surface area contributed by atoms with E-state index in [-0.39, 0.29) is 6.32 Å². The number of carbonyl (C=O) groups excluding carboxylic acids is 1. The lowest BCUT2D eigenvalue weighted by molar-refractivity contribution is 0.00578. The topological polar surface area (TPSA) is 50.8 Å². The fraction of sp³-hybridized carbons (Fsp3) is 0.519. The van der Waals surface area contributed by atoms with E-state index in [2.05, 4.69) is 11.5 Å². The second-order valence-corrected chi connectivity index (χ2v) is 11.5. The summed E-state index contributed by atoms with van der Waals surface area (Å²) in [5.74, 6) is -2.68. The van der Waals surface area contributed by atoms with Crippen molar-refractivity contribution in [2.45, 2.75) is 91.9 Å². The first-order valence-electron chi connectivity index (χ1n) is 12.0. The highest BCUT2D eigenvalue weighted by Crippen LogP contribution is 2.37. The van der Waals surface area contributed by atoms with Crippen molar-refractivity contribution < 1.29 is 22.9 Å². The average molecular weight is 486 g/mol. The van der Waals surface area contributed by atoms with Crippen LogP contribution in [0, 0.1) is 25.5 Å². The third-order valence-corrected chi connectivity index (χ3v) is 6.70. The number of hydrogen-bond acceptors (Lipinski definition) is 4. The molecule has 1 heterocycles. The fourth-order valence-electron chi connectivity index (χ4n) is 4.17. The lowest BCUT2D eigenvalue weighted by Gasteiger charge is -2.36. The molecule has 35 heavy (non-hydrogen) atoms. The van der Waals surface area contributed by atoms with E-state index in [1.807, 2.05) is 74.4 Å². The SMILES string of the molecule is Cc1cc(C)cc(CN(NC(=O)c2c(F)cc(CB3OC(C)(C)C(C)(C)O3)cc2F)C(C)(C)C)c1. The molecule has 1 fully saturated rings. The smallest absolute Gasteiger partial charge is 0.403 e. The molecular formula is C27H37BF2N2O3. The Morgan fingerprint density at radius 1 is 0.914 bits per heavy atom. The highest BCUT2D eigenvalue weighted by atomic mass is 19.1. The van der Waals surface area contributed by atoms with Crippen LogP contribution in [0.2, 0.25) is 0 Å². The summed E-state index contributed by atoms with van der Waals surface area (Å²) < 4.78 is 41.9. The number of nitrogens with one attached hydrogen (secondary N) is 1. The minimum absolute atomic E-state index is 0.170. The summed E-state index contributed by atoms with van der Waals surface area (Å²) in [7, 11) is -0.632. The van der Waals surface area contributed by atoms with Crippen molar-refractivity contribution in [1.29, 1.82) is 0 Å². The predicted molar refractivity (Wildman–Crippen MR) is 135 cm³/mol. The predicted octanol–water partition coefficient (Wildman–Crippen LogP) is 5.70. The molecule has 1 aliphatic rings. The number of amides is 1. The molecule has 0 radical (unpaired) electrons. The molecule has 1 amide bonds. The molecule has 0 atom stereocenters. The maximum atomic E-state index is 15.0. The number of hydrazine groups is 1. The van der Waals surface area contributed by atoms with E-state index in [0.717, 1.165) is 16.7 Å². The van der Waals surface area contributed by atoms with Gasteiger partial charge in [-0.2, -0.15) is 0 Å². The van der Waals surface area contributed by atoms with Crippen molar-refractivity contribution in [3.8, 4) is 0 Å². The summed E-state index contributed by atoms with van der Waals surface area (Å²) in [5.41, 5.74) is 4.11. The lowest BCUT2D eigenvalue weighted by Crippen LogP contribution is -2.52. The van der Waals surface area contributed by atoms with Crippen molar-refractivity contribution in [3.05, 3.63) is 69.8 Å². The van der Waals surface area contributed by atoms with Gasteiger partial charge in [0.25, 0.3) is 5.91 Å². The van der Waals surface area contributed by atoms with Crippen LogP contribution in [-0.2, 0) is 22.2 Å². The maximum Gasteiger partial charge on any atom is 0.462 e. The fourth-order valence-corrected chi connectivity index (χ4v) is 4.17. The van der Waals surface area contributed by atoms with Gasteiger partial charge in [-0.1, -0.05) is 29.3 Å². The molecule has 8 heteroatoms. The largest absolute Gasteiger partial charge is 0.462 e. The number of carbonyl (C=O) groups is 1. The van der Waals surface area contributed by atoms with Gasteiger partial charge < -0.3 is 9.31 Å². The zero-order valence-electron chi connectivity index (χ0n) is 22.3. The second-order valence-electron chi connectivity index (χ2n) is 11.5. The van der Waals surface area contributed by atoms with Gasteiger partial charge in [-0.3, -0.25) is 10.2 Å². The standard InChI is InChI=1S/C27H37BF2N2O3/c1-17-10-18(2)12-20(11-17)16-32(25(3,4)5)31-24(33)23-21(29)13-19(14-22(23)30)15-28-34-26(6,7)27(8,9)35-28/h10-14H,15-16H2,1-9H3,(H,31,33). The van der Waals surface area contributed by atoms with E-state index >= 15 is 8.78 Å². The molecule has 2 aromatic carbocycles. The minimum atomic E-state index is -0.922. The summed E-state index contributed by atoms with van der Waals surface area (Å²) in [6.07, 6.45) is 0.170. The van der Waals surface area contributed by atoms with Crippen LogP contribution in [0.15, 0.2) is 30.3 Å². The van der Waals surface area contributed by atoms with Crippen LogP contribution in [0.1, 0.15) is 81.1 Å². The second kappa shape index (κ2) is 9.64. The Labute approximate surface area is 208 Å². The molecule has 5 nitrogen and oxygen atoms in total. The van der Waals surface area contributed by atoms with E-state index in [1.165, 1.54) is 12.1 Å². The van der Waals surface area contributed by atoms with Crippen LogP contribution in [0.3, 0.4) is 0 Å². The number of hydrogen-bond donors (Lipinski definition) is 1. The Balaban J connectivity index is 1.79. The van der Waals surface area contributed by atoms with E-state index < -0.39 is 47.0 Å². The van der Waals surface area contributed by atoms with Gasteiger partial charge >= 0.3 is 7.12 Å². The van der Waals surface area contributed by atoms with Crippen LogP contribution in [0.4, 0.5) is 8.78 Å². The van der Waals surface area contributed by atoms with Crippen LogP contribution in [0.25, 0.3) is 0 Å². The molecule has 1 aliphatic heterocycles. The molecule has 2 aromatic rings. The van der Waals surface area contributed by atoms with Gasteiger partial charge in [-0.15, -0.1) is 0 Å². The van der Waals surface area contributed by atoms with Gasteiger partial charge in [-0.25, -0.2) is 13.8 Å². The molecule has 0 unspecified atom stereocenters. The van der Waals surface area contributed by atoms with Gasteiger partial charge in [0, 0.05) is 18.4 Å². The third kappa shape index (κ3) is 6.29. The summed E-state index contributed by atoms with van der Waals surface area (Å²) >= 11 is 0. The van der Waals surface area contributed by atoms with E-state index in [4.69, 9.17) is 9.31 Å². The zero-order chi connectivity index (χ0) is 26.3. The third-order valence-electron chi connectivity index (χ3n) is 6.70. The minimum Gasteiger partial charge on any atom is -0.403 e. The maximum absolute atomic E-state index is 15.0. The number of benzene rings is 2. The number of rotatable bonds is 6. The van der Waals surface area contributed by atoms with Crippen molar-refractivity contribution >= 4 is 13.0 Å². The first kappa shape index (κ1) is 27.3. The average Bonchev–Trinajstić information content (AvgIpc) is 2.85. The molecule has 0 aromatic heterocycles. The highest BCUT2D eigenvalue weighted by molar-refractivity contribution is 6.45. The molecule has 0 saturated carbocycles. The van der Waals surface area contributed by atoms with Crippen LogP contribution >= 0.6 is 0 Å². The number of nitrogens with zero attached hydrogens (tertiary/aromatic N) is 1. The molecule has 190 valence electrons. The summed E-state index contributed by atoms with van der Waals surface area (Å²) in [6.45, 7) is 17.9. The van der Waals surface area contributed by atoms with Gasteiger partial charge in [0.1, 0.15) is 17.2 Å². The van der Waals surface area contributed by atoms with Crippen molar-refractivity contribution in [2.75, 3.05) is 0 Å². The summed E-state index contributed by atoms with van der Waals surface area (Å²) in [6, 6.07) is 8.48. The van der Waals surface area contributed by atoms with Crippen LogP contribution in [0.5, 0.6) is 0 Å². The Hall–Kier alpha value is -2.29. The van der Waals surface area contributed by atoms with Crippen LogP contribution < -0.4 is 5.43 Å². The quantitative estimate of drug-likeness (QED) is 0.421. The Morgan fingerprint density at radius 3 is 1.86 bits per heavy atom. The molecule has 0 bridgehead atoms. The zero-order valence-corrected chi connectivity index (χ0v) is 22.3. The van der Waals surface area contributed by atoms with E-state index in [9.17, 15) is 4.79 Å². The van der Waals surface area contributed by atoms with Gasteiger partial charge in [-0.05, 0) is 85.6 Å². The van der Waals surface area contributed by atoms with Crippen molar-refractivity contribution in [3.63, 3.8) is 0 Å². The Morgan fingerprint density at radius 2 is 1.40 bits per heavy atom. The molecule has 1 N–H and O–H groups in total. The monoisotopic (exact) mass is 486 g/mol. The molecule has 3 rings (SSSR count). The number of halogens is 2. The highest BCUT2D eigenvalue weighted by Gasteiger charge is 2.50. The first-order valence-corrected chi connectivity index (χ1v) is 12.0. The summed E-state index contributed by atoms with van der Waals surface area (Å²) in [4.78, 5) is 13.0. The van der Waals surface area contributed by atoms with Gasteiger partial charge in [0.2, 0.25) is 0 Å². The molecule has 0 spiro atoms. The first-order chi connectivity index (χ1) is 16.0. The van der Waals surface area contributed by atoms with Crippen LogP contribution in [-0.4, -0.2) is 34.8 Å². The van der Waals surface area contributed by atoms with Crippen molar-refractivity contribution in [2.24, 2.45) is 0 Å². The van der Waals surface area contributed by atoms with Gasteiger partial charge in [0.15, 0.2) is 0 Å². The van der Waals surface area contributed by atoms with E-state index in [0.29, 0.717) is 12.1 Å². The Bertz CT molecular complexity index is 1050. The lowest BCUT2D eigenvalue weighted by atomic mass is 9.80. The molecule has 0 aliphatic carbocycles. The van der Waals surface area contributed by atoms with E-state index in [1.54, 1.807) is 5.01 Å². The summed E-state index contributed by atoms with van der Waals surface area (Å²) in [5, 5.41) is 1.70. The molecular weight excluding hydrogens is 449 g/mol. The normalized spacial score (nSPS) is 17.2.